The Morgan fingerprint density at radius 3 is 2.88 bits per heavy atom. The van der Waals surface area contributed by atoms with Crippen LogP contribution in [0.2, 0.25) is 0 Å². The van der Waals surface area contributed by atoms with Crippen molar-refractivity contribution in [3.63, 3.8) is 0 Å². The van der Waals surface area contributed by atoms with Crippen LogP contribution in [-0.4, -0.2) is 17.0 Å². The van der Waals surface area contributed by atoms with E-state index in [1.54, 1.807) is 13.8 Å². The maximum Gasteiger partial charge on any atom is 0.181 e. The van der Waals surface area contributed by atoms with Crippen LogP contribution < -0.4 is 4.74 Å². The van der Waals surface area contributed by atoms with E-state index in [0.29, 0.717) is 11.3 Å². The average molecular weight is 222 g/mol. The maximum atomic E-state index is 13.0. The molecule has 0 saturated carbocycles. The van der Waals surface area contributed by atoms with Crippen molar-refractivity contribution in [3.8, 4) is 11.8 Å². The van der Waals surface area contributed by atoms with Crippen LogP contribution in [0, 0.1) is 17.1 Å². The largest absolute Gasteiger partial charge is 0.475 e. The van der Waals surface area contributed by atoms with Gasteiger partial charge in [-0.1, -0.05) is 5.16 Å². The van der Waals surface area contributed by atoms with Crippen LogP contribution in [0.15, 0.2) is 23.4 Å². The molecule has 1 aromatic carbocycles. The van der Waals surface area contributed by atoms with E-state index < -0.39 is 11.9 Å². The van der Waals surface area contributed by atoms with Gasteiger partial charge in [-0.25, -0.2) is 4.39 Å². The minimum Gasteiger partial charge on any atom is -0.475 e. The van der Waals surface area contributed by atoms with Crippen LogP contribution in [0.5, 0.6) is 5.75 Å². The number of rotatable bonds is 3. The molecule has 0 saturated heterocycles. The van der Waals surface area contributed by atoms with Crippen molar-refractivity contribution < 1.29 is 14.3 Å². The molecule has 0 heterocycles. The Bertz CT molecular complexity index is 452. The SMILES string of the molecule is C/C(=N\O)c1ccc(F)cc1OC(C)C#N. The second-order valence-electron chi connectivity index (χ2n) is 3.22. The molecule has 0 aromatic heterocycles. The Kier molecular flexibility index (Phi) is 3.84. The van der Waals surface area contributed by atoms with E-state index in [9.17, 15) is 4.39 Å². The van der Waals surface area contributed by atoms with Gasteiger partial charge in [0.2, 0.25) is 0 Å². The molecule has 1 aromatic rings. The molecule has 0 bridgehead atoms. The number of ether oxygens (including phenoxy) is 1. The zero-order valence-electron chi connectivity index (χ0n) is 8.94. The number of hydrogen-bond acceptors (Lipinski definition) is 4. The first kappa shape index (κ1) is 12.0. The third-order valence-corrected chi connectivity index (χ3v) is 1.97. The van der Waals surface area contributed by atoms with Crippen LogP contribution in [0.4, 0.5) is 4.39 Å². The highest BCUT2D eigenvalue weighted by Crippen LogP contribution is 2.22. The molecule has 1 N–H and O–H groups in total. The number of oxime groups is 1. The quantitative estimate of drug-likeness (QED) is 0.485. The minimum atomic E-state index is -0.702. The fraction of sp³-hybridized carbons (Fsp3) is 0.273. The molecule has 5 heteroatoms. The second kappa shape index (κ2) is 5.12. The van der Waals surface area contributed by atoms with Gasteiger partial charge in [0.1, 0.15) is 17.6 Å². The van der Waals surface area contributed by atoms with Crippen molar-refractivity contribution in [2.75, 3.05) is 0 Å². The molecule has 0 radical (unpaired) electrons. The molecule has 84 valence electrons. The number of nitriles is 1. The van der Waals surface area contributed by atoms with Crippen LogP contribution >= 0.6 is 0 Å². The molecule has 16 heavy (non-hydrogen) atoms. The van der Waals surface area contributed by atoms with Crippen LogP contribution in [-0.2, 0) is 0 Å². The standard InChI is InChI=1S/C11H11FN2O2/c1-7(6-13)16-11-5-9(12)3-4-10(11)8(2)14-15/h3-5,7,15H,1-2H3/b14-8+. The third kappa shape index (κ3) is 2.70. The highest BCUT2D eigenvalue weighted by Gasteiger charge is 2.11. The van der Waals surface area contributed by atoms with E-state index in [0.717, 1.165) is 6.07 Å². The van der Waals surface area contributed by atoms with Gasteiger partial charge in [-0.15, -0.1) is 0 Å². The van der Waals surface area contributed by atoms with Crippen molar-refractivity contribution in [3.05, 3.63) is 29.6 Å². The molecule has 1 unspecified atom stereocenters. The summed E-state index contributed by atoms with van der Waals surface area (Å²) < 4.78 is 18.2. The summed E-state index contributed by atoms with van der Waals surface area (Å²) in [6, 6.07) is 5.69. The lowest BCUT2D eigenvalue weighted by Crippen LogP contribution is -2.11. The zero-order chi connectivity index (χ0) is 12.1. The summed E-state index contributed by atoms with van der Waals surface area (Å²) in [5.74, 6) is -0.293. The minimum absolute atomic E-state index is 0.185. The summed E-state index contributed by atoms with van der Waals surface area (Å²) in [5, 5.41) is 20.3. The first-order chi connectivity index (χ1) is 7.58. The van der Waals surface area contributed by atoms with E-state index in [2.05, 4.69) is 5.16 Å². The molecular weight excluding hydrogens is 211 g/mol. The monoisotopic (exact) mass is 222 g/mol. The van der Waals surface area contributed by atoms with E-state index in [4.69, 9.17) is 15.2 Å². The smallest absolute Gasteiger partial charge is 0.181 e. The summed E-state index contributed by atoms with van der Waals surface area (Å²) in [6.45, 7) is 3.09. The van der Waals surface area contributed by atoms with Gasteiger partial charge in [-0.3, -0.25) is 0 Å². The Hall–Kier alpha value is -2.09. The Morgan fingerprint density at radius 1 is 1.62 bits per heavy atom. The summed E-state index contributed by atoms with van der Waals surface area (Å²) in [4.78, 5) is 0. The Balaban J connectivity index is 3.14. The van der Waals surface area contributed by atoms with Gasteiger partial charge < -0.3 is 9.94 Å². The molecule has 0 fully saturated rings. The lowest BCUT2D eigenvalue weighted by atomic mass is 10.1. The van der Waals surface area contributed by atoms with Gasteiger partial charge in [0.05, 0.1) is 5.71 Å². The summed E-state index contributed by atoms with van der Waals surface area (Å²) in [6.07, 6.45) is -0.702. The molecule has 0 aliphatic heterocycles. The zero-order valence-corrected chi connectivity index (χ0v) is 8.94. The van der Waals surface area contributed by atoms with Gasteiger partial charge in [0.15, 0.2) is 6.10 Å². The molecule has 4 nitrogen and oxygen atoms in total. The summed E-state index contributed by atoms with van der Waals surface area (Å²) in [5.41, 5.74) is 0.742. The molecule has 1 atom stereocenters. The highest BCUT2D eigenvalue weighted by atomic mass is 19.1. The average Bonchev–Trinajstić information content (AvgIpc) is 2.28. The fourth-order valence-corrected chi connectivity index (χ4v) is 1.16. The van der Waals surface area contributed by atoms with Crippen molar-refractivity contribution in [1.82, 2.24) is 0 Å². The first-order valence-electron chi connectivity index (χ1n) is 4.63. The molecule has 0 amide bonds. The Morgan fingerprint density at radius 2 is 2.31 bits per heavy atom. The van der Waals surface area contributed by atoms with Gasteiger partial charge in [-0.05, 0) is 26.0 Å². The number of hydrogen-bond donors (Lipinski definition) is 1. The van der Waals surface area contributed by atoms with Crippen LogP contribution in [0.3, 0.4) is 0 Å². The molecule has 1 rings (SSSR count). The summed E-state index contributed by atoms with van der Waals surface area (Å²) in [7, 11) is 0. The molecule has 0 aliphatic carbocycles. The highest BCUT2D eigenvalue weighted by molar-refractivity contribution is 6.00. The molecular formula is C11H11FN2O2. The first-order valence-corrected chi connectivity index (χ1v) is 4.63. The second-order valence-corrected chi connectivity index (χ2v) is 3.22. The van der Waals surface area contributed by atoms with Gasteiger partial charge >= 0.3 is 0 Å². The van der Waals surface area contributed by atoms with Gasteiger partial charge in [-0.2, -0.15) is 5.26 Å². The van der Waals surface area contributed by atoms with Gasteiger partial charge in [0.25, 0.3) is 0 Å². The van der Waals surface area contributed by atoms with E-state index >= 15 is 0 Å². The predicted molar refractivity (Wildman–Crippen MR) is 56.1 cm³/mol. The normalized spacial score (nSPS) is 13.0. The van der Waals surface area contributed by atoms with Crippen molar-refractivity contribution >= 4 is 5.71 Å². The van der Waals surface area contributed by atoms with Crippen molar-refractivity contribution in [2.24, 2.45) is 5.16 Å². The van der Waals surface area contributed by atoms with Crippen LogP contribution in [0.1, 0.15) is 19.4 Å². The van der Waals surface area contributed by atoms with Crippen molar-refractivity contribution in [1.29, 1.82) is 5.26 Å². The number of halogens is 1. The predicted octanol–water partition coefficient (Wildman–Crippen LogP) is 2.31. The van der Waals surface area contributed by atoms with Gasteiger partial charge in [0, 0.05) is 11.6 Å². The van der Waals surface area contributed by atoms with Crippen molar-refractivity contribution in [2.45, 2.75) is 20.0 Å². The molecule has 0 spiro atoms. The van der Waals surface area contributed by atoms with Crippen LogP contribution in [0.25, 0.3) is 0 Å². The lowest BCUT2D eigenvalue weighted by Gasteiger charge is -2.11. The topological polar surface area (TPSA) is 65.6 Å². The number of benzene rings is 1. The molecule has 0 aliphatic rings. The summed E-state index contributed by atoms with van der Waals surface area (Å²) >= 11 is 0. The van der Waals surface area contributed by atoms with E-state index in [-0.39, 0.29) is 5.75 Å². The third-order valence-electron chi connectivity index (χ3n) is 1.97. The van der Waals surface area contributed by atoms with E-state index in [1.807, 2.05) is 6.07 Å². The number of nitrogens with zero attached hydrogens (tertiary/aromatic N) is 2. The van der Waals surface area contributed by atoms with E-state index in [1.165, 1.54) is 12.1 Å². The lowest BCUT2D eigenvalue weighted by molar-refractivity contribution is 0.274. The fourth-order valence-electron chi connectivity index (χ4n) is 1.16. The Labute approximate surface area is 92.6 Å². The maximum absolute atomic E-state index is 13.0.